The monoisotopic (exact) mass is 377 g/mol. The first-order valence-electron chi connectivity index (χ1n) is 7.32. The lowest BCUT2D eigenvalue weighted by atomic mass is 9.92. The Morgan fingerprint density at radius 1 is 1.20 bits per heavy atom. The predicted octanol–water partition coefficient (Wildman–Crippen LogP) is 2.82. The van der Waals surface area contributed by atoms with Crippen molar-refractivity contribution in [1.82, 2.24) is 5.32 Å². The highest BCUT2D eigenvalue weighted by molar-refractivity contribution is 8.13. The summed E-state index contributed by atoms with van der Waals surface area (Å²) < 4.78 is 39.2. The second-order valence-electron chi connectivity index (χ2n) is 5.42. The Kier molecular flexibility index (Phi) is 7.47. The molecule has 1 aromatic carbocycles. The number of amides is 1. The largest absolute Gasteiger partial charge is 0.481 e. The van der Waals surface area contributed by atoms with Gasteiger partial charge in [-0.05, 0) is 12.5 Å². The number of hydrogen-bond acceptors (Lipinski definition) is 4. The first-order chi connectivity index (χ1) is 11.5. The number of alkyl halides is 3. The van der Waals surface area contributed by atoms with Crippen molar-refractivity contribution in [2.75, 3.05) is 5.75 Å². The Morgan fingerprint density at radius 3 is 2.20 bits per heavy atom. The maximum Gasteiger partial charge on any atom is 0.401 e. The van der Waals surface area contributed by atoms with Crippen molar-refractivity contribution in [3.8, 4) is 0 Å². The average molecular weight is 377 g/mol. The third kappa shape index (κ3) is 6.41. The lowest BCUT2D eigenvalue weighted by Crippen LogP contribution is -2.47. The molecule has 0 aliphatic carbocycles. The van der Waals surface area contributed by atoms with E-state index >= 15 is 0 Å². The van der Waals surface area contributed by atoms with E-state index in [4.69, 9.17) is 0 Å². The molecule has 1 rings (SSSR count). The highest BCUT2D eigenvalue weighted by Gasteiger charge is 2.45. The fourth-order valence-corrected chi connectivity index (χ4v) is 2.98. The van der Waals surface area contributed by atoms with Gasteiger partial charge in [-0.15, -0.1) is 0 Å². The van der Waals surface area contributed by atoms with E-state index in [1.165, 1.54) is 19.1 Å². The number of thioether (sulfide) groups is 1. The summed E-state index contributed by atoms with van der Waals surface area (Å²) in [6.45, 7) is 2.43. The fraction of sp³-hybridized carbons (Fsp3) is 0.438. The lowest BCUT2D eigenvalue weighted by Gasteiger charge is -2.25. The van der Waals surface area contributed by atoms with Gasteiger partial charge < -0.3 is 10.4 Å². The van der Waals surface area contributed by atoms with E-state index in [1.807, 2.05) is 0 Å². The zero-order valence-electron chi connectivity index (χ0n) is 13.5. The van der Waals surface area contributed by atoms with E-state index < -0.39 is 46.8 Å². The van der Waals surface area contributed by atoms with E-state index in [1.54, 1.807) is 18.2 Å². The number of hydrogen-bond donors (Lipinski definition) is 2. The van der Waals surface area contributed by atoms with E-state index in [-0.39, 0.29) is 0 Å². The van der Waals surface area contributed by atoms with Crippen LogP contribution in [-0.4, -0.2) is 40.1 Å². The highest BCUT2D eigenvalue weighted by atomic mass is 32.2. The number of halogens is 3. The summed E-state index contributed by atoms with van der Waals surface area (Å²) in [5, 5.41) is 10.9. The number of carboxylic acid groups (broad SMARTS) is 1. The summed E-state index contributed by atoms with van der Waals surface area (Å²) in [6, 6.07) is 6.84. The quantitative estimate of drug-likeness (QED) is 0.763. The van der Waals surface area contributed by atoms with Crippen LogP contribution in [0.3, 0.4) is 0 Å². The van der Waals surface area contributed by atoms with Gasteiger partial charge in [0, 0.05) is 18.7 Å². The van der Waals surface area contributed by atoms with Crippen molar-refractivity contribution < 1.29 is 32.7 Å². The van der Waals surface area contributed by atoms with Crippen molar-refractivity contribution >= 4 is 28.8 Å². The van der Waals surface area contributed by atoms with Crippen LogP contribution in [0.25, 0.3) is 0 Å². The van der Waals surface area contributed by atoms with Gasteiger partial charge in [0.1, 0.15) is 11.8 Å². The second-order valence-corrected chi connectivity index (χ2v) is 6.62. The molecule has 1 aromatic rings. The van der Waals surface area contributed by atoms with Crippen LogP contribution in [-0.2, 0) is 14.4 Å². The van der Waals surface area contributed by atoms with Crippen LogP contribution >= 0.6 is 11.8 Å². The van der Waals surface area contributed by atoms with E-state index in [2.05, 4.69) is 5.32 Å². The molecule has 0 fully saturated rings. The summed E-state index contributed by atoms with van der Waals surface area (Å²) in [5.74, 6) is -6.95. The van der Waals surface area contributed by atoms with Crippen LogP contribution in [0.15, 0.2) is 30.3 Å². The molecule has 0 aromatic heterocycles. The first kappa shape index (κ1) is 21.0. The van der Waals surface area contributed by atoms with Gasteiger partial charge in [0.15, 0.2) is 5.12 Å². The molecule has 2 N–H and O–H groups in total. The summed E-state index contributed by atoms with van der Waals surface area (Å²) >= 11 is 0.397. The van der Waals surface area contributed by atoms with Crippen LogP contribution in [0.5, 0.6) is 0 Å². The third-order valence-corrected chi connectivity index (χ3v) is 4.37. The van der Waals surface area contributed by atoms with Gasteiger partial charge in [0.25, 0.3) is 0 Å². The Bertz CT molecular complexity index is 622. The topological polar surface area (TPSA) is 83.5 Å². The zero-order chi connectivity index (χ0) is 19.2. The van der Waals surface area contributed by atoms with Crippen LogP contribution in [0.4, 0.5) is 13.2 Å². The molecule has 0 aliphatic rings. The maximum atomic E-state index is 13.1. The number of nitrogens with one attached hydrogen (secondary N) is 1. The molecule has 0 radical (unpaired) electrons. The van der Waals surface area contributed by atoms with Gasteiger partial charge in [-0.25, -0.2) is 0 Å². The van der Waals surface area contributed by atoms with Crippen LogP contribution in [0.2, 0.25) is 0 Å². The Balaban J connectivity index is 2.93. The number of benzene rings is 1. The van der Waals surface area contributed by atoms with Crippen molar-refractivity contribution in [2.45, 2.75) is 32.0 Å². The van der Waals surface area contributed by atoms with Crippen LogP contribution < -0.4 is 5.32 Å². The number of carbonyl (C=O) groups excluding carboxylic acids is 2. The van der Waals surface area contributed by atoms with Crippen molar-refractivity contribution in [3.05, 3.63) is 35.9 Å². The molecule has 1 amide bonds. The molecule has 138 valence electrons. The standard InChI is InChI=1S/C16H18F3NO4S/c1-9(13(15(23)24)11-6-4-3-5-7-11)20-14(22)12(16(17,18)19)8-25-10(2)21/h3-7,9,12-13H,8H2,1-2H3,(H,20,22)(H,23,24)/t9-,12?,13+/m0/s1. The minimum absolute atomic E-state index is 0.365. The molecule has 9 heteroatoms. The van der Waals surface area contributed by atoms with Gasteiger partial charge in [0.2, 0.25) is 5.91 Å². The SMILES string of the molecule is CC(=O)SCC(C(=O)N[C@@H](C)[C@@H](C(=O)O)c1ccccc1)C(F)(F)F. The normalized spacial score (nSPS) is 15.1. The zero-order valence-corrected chi connectivity index (χ0v) is 14.4. The molecule has 25 heavy (non-hydrogen) atoms. The molecular formula is C16H18F3NO4S. The molecule has 0 spiro atoms. The van der Waals surface area contributed by atoms with Gasteiger partial charge in [0.05, 0.1) is 0 Å². The third-order valence-electron chi connectivity index (χ3n) is 3.46. The minimum Gasteiger partial charge on any atom is -0.481 e. The summed E-state index contributed by atoms with van der Waals surface area (Å²) in [5.41, 5.74) is 0.365. The number of carbonyl (C=O) groups is 3. The summed E-state index contributed by atoms with van der Waals surface area (Å²) in [6.07, 6.45) is -4.84. The number of rotatable bonds is 7. The minimum atomic E-state index is -4.84. The first-order valence-corrected chi connectivity index (χ1v) is 8.30. The smallest absolute Gasteiger partial charge is 0.401 e. The van der Waals surface area contributed by atoms with Gasteiger partial charge >= 0.3 is 12.1 Å². The summed E-state index contributed by atoms with van der Waals surface area (Å²) in [7, 11) is 0. The Labute approximate surface area is 147 Å². The molecule has 3 atom stereocenters. The fourth-order valence-electron chi connectivity index (χ4n) is 2.23. The number of aliphatic carboxylic acids is 1. The molecule has 5 nitrogen and oxygen atoms in total. The lowest BCUT2D eigenvalue weighted by molar-refractivity contribution is -0.178. The van der Waals surface area contributed by atoms with Gasteiger partial charge in [-0.3, -0.25) is 14.4 Å². The molecule has 0 aliphatic heterocycles. The molecular weight excluding hydrogens is 359 g/mol. The number of carboxylic acids is 1. The molecule has 0 bridgehead atoms. The average Bonchev–Trinajstić information content (AvgIpc) is 2.46. The maximum absolute atomic E-state index is 13.1. The van der Waals surface area contributed by atoms with Gasteiger partial charge in [-0.1, -0.05) is 42.1 Å². The molecule has 0 saturated carbocycles. The van der Waals surface area contributed by atoms with Crippen molar-refractivity contribution in [2.24, 2.45) is 5.92 Å². The highest BCUT2D eigenvalue weighted by Crippen LogP contribution is 2.30. The molecule has 0 saturated heterocycles. The van der Waals surface area contributed by atoms with Gasteiger partial charge in [-0.2, -0.15) is 13.2 Å². The predicted molar refractivity (Wildman–Crippen MR) is 87.1 cm³/mol. The van der Waals surface area contributed by atoms with Crippen molar-refractivity contribution in [1.29, 1.82) is 0 Å². The van der Waals surface area contributed by atoms with Crippen LogP contribution in [0, 0.1) is 5.92 Å². The Hall–Kier alpha value is -2.03. The molecule has 0 heterocycles. The molecule has 1 unspecified atom stereocenters. The second kappa shape index (κ2) is 8.89. The van der Waals surface area contributed by atoms with Crippen molar-refractivity contribution in [3.63, 3.8) is 0 Å². The summed E-state index contributed by atoms with van der Waals surface area (Å²) in [4.78, 5) is 34.4. The van der Waals surface area contributed by atoms with E-state index in [0.29, 0.717) is 17.3 Å². The van der Waals surface area contributed by atoms with E-state index in [9.17, 15) is 32.7 Å². The Morgan fingerprint density at radius 2 is 1.76 bits per heavy atom. The van der Waals surface area contributed by atoms with E-state index in [0.717, 1.165) is 6.92 Å². The van der Waals surface area contributed by atoms with Crippen LogP contribution in [0.1, 0.15) is 25.3 Å².